The number of nitrogens with zero attached hydrogens (tertiary/aromatic N) is 2. The van der Waals surface area contributed by atoms with E-state index in [1.165, 1.54) is 13.2 Å². The first kappa shape index (κ1) is 19.7. The summed E-state index contributed by atoms with van der Waals surface area (Å²) in [6.07, 6.45) is 2.21. The molecule has 0 fully saturated rings. The van der Waals surface area contributed by atoms with Crippen LogP contribution in [0.15, 0.2) is 23.3 Å². The SMILES string of the molecule is CCC(C)(C)C(=O)On1cnc2cc(OCCCO)c(OC)cc2c1=O. The van der Waals surface area contributed by atoms with Gasteiger partial charge < -0.3 is 19.4 Å². The van der Waals surface area contributed by atoms with Crippen molar-refractivity contribution in [3.63, 3.8) is 0 Å². The largest absolute Gasteiger partial charge is 0.493 e. The molecule has 0 spiro atoms. The Kier molecular flexibility index (Phi) is 6.20. The topological polar surface area (TPSA) is 99.9 Å². The van der Waals surface area contributed by atoms with Gasteiger partial charge >= 0.3 is 5.97 Å². The lowest BCUT2D eigenvalue weighted by Crippen LogP contribution is -2.38. The molecule has 8 nitrogen and oxygen atoms in total. The molecule has 1 aromatic carbocycles. The molecule has 2 rings (SSSR count). The Morgan fingerprint density at radius 2 is 2.04 bits per heavy atom. The second kappa shape index (κ2) is 8.18. The maximum atomic E-state index is 12.6. The molecule has 1 aromatic heterocycles. The number of hydrogen-bond acceptors (Lipinski definition) is 7. The number of ether oxygens (including phenoxy) is 2. The molecule has 0 aliphatic heterocycles. The number of methoxy groups -OCH3 is 1. The van der Waals surface area contributed by atoms with Gasteiger partial charge in [0.1, 0.15) is 6.33 Å². The Balaban J connectivity index is 2.40. The van der Waals surface area contributed by atoms with Crippen LogP contribution in [0, 0.1) is 5.41 Å². The van der Waals surface area contributed by atoms with E-state index in [4.69, 9.17) is 19.4 Å². The van der Waals surface area contributed by atoms with E-state index in [0.29, 0.717) is 36.5 Å². The number of carbonyl (C=O) groups is 1. The molecule has 0 aliphatic rings. The summed E-state index contributed by atoms with van der Waals surface area (Å²) in [5.74, 6) is 0.258. The monoisotopic (exact) mass is 364 g/mol. The molecule has 0 atom stereocenters. The lowest BCUT2D eigenvalue weighted by Gasteiger charge is -2.20. The summed E-state index contributed by atoms with van der Waals surface area (Å²) in [6, 6.07) is 3.07. The zero-order chi connectivity index (χ0) is 19.3. The summed E-state index contributed by atoms with van der Waals surface area (Å²) in [6.45, 7) is 5.67. The number of fused-ring (bicyclic) bond motifs is 1. The van der Waals surface area contributed by atoms with Gasteiger partial charge in [0, 0.05) is 19.1 Å². The Hall–Kier alpha value is -2.61. The Morgan fingerprint density at radius 1 is 1.31 bits per heavy atom. The second-order valence-corrected chi connectivity index (χ2v) is 6.44. The van der Waals surface area contributed by atoms with Gasteiger partial charge in [0.2, 0.25) is 0 Å². The number of carbonyl (C=O) groups excluding carboxylic acids is 1. The van der Waals surface area contributed by atoms with Crippen LogP contribution in [0.5, 0.6) is 11.5 Å². The zero-order valence-corrected chi connectivity index (χ0v) is 15.4. The van der Waals surface area contributed by atoms with Crippen molar-refractivity contribution in [1.82, 2.24) is 9.71 Å². The van der Waals surface area contributed by atoms with E-state index in [9.17, 15) is 9.59 Å². The van der Waals surface area contributed by atoms with Gasteiger partial charge in [-0.25, -0.2) is 9.78 Å². The van der Waals surface area contributed by atoms with Gasteiger partial charge in [-0.1, -0.05) is 6.92 Å². The van der Waals surface area contributed by atoms with Crippen LogP contribution in [0.4, 0.5) is 0 Å². The summed E-state index contributed by atoms with van der Waals surface area (Å²) >= 11 is 0. The molecule has 0 radical (unpaired) electrons. The van der Waals surface area contributed by atoms with Crippen molar-refractivity contribution in [2.75, 3.05) is 20.3 Å². The van der Waals surface area contributed by atoms with E-state index in [0.717, 1.165) is 11.1 Å². The first-order valence-corrected chi connectivity index (χ1v) is 8.40. The summed E-state index contributed by atoms with van der Waals surface area (Å²) < 4.78 is 11.6. The van der Waals surface area contributed by atoms with Gasteiger partial charge in [0.15, 0.2) is 11.5 Å². The summed E-state index contributed by atoms with van der Waals surface area (Å²) in [4.78, 5) is 34.2. The van der Waals surface area contributed by atoms with Crippen molar-refractivity contribution in [3.05, 3.63) is 28.8 Å². The van der Waals surface area contributed by atoms with Gasteiger partial charge in [-0.15, -0.1) is 4.73 Å². The van der Waals surface area contributed by atoms with Crippen molar-refractivity contribution in [3.8, 4) is 11.5 Å². The number of aliphatic hydroxyl groups is 1. The lowest BCUT2D eigenvalue weighted by molar-refractivity contribution is -0.155. The second-order valence-electron chi connectivity index (χ2n) is 6.44. The van der Waals surface area contributed by atoms with Crippen molar-refractivity contribution >= 4 is 16.9 Å². The minimum atomic E-state index is -0.712. The highest BCUT2D eigenvalue weighted by atomic mass is 16.7. The van der Waals surface area contributed by atoms with Crippen molar-refractivity contribution < 1.29 is 24.2 Å². The van der Waals surface area contributed by atoms with E-state index in [-0.39, 0.29) is 12.0 Å². The average molecular weight is 364 g/mol. The van der Waals surface area contributed by atoms with Gasteiger partial charge in [-0.2, -0.15) is 0 Å². The molecule has 1 N–H and O–H groups in total. The van der Waals surface area contributed by atoms with E-state index < -0.39 is 16.9 Å². The molecule has 8 heteroatoms. The van der Waals surface area contributed by atoms with Crippen LogP contribution in [0.25, 0.3) is 10.9 Å². The third-order valence-electron chi connectivity index (χ3n) is 4.19. The van der Waals surface area contributed by atoms with Crippen LogP contribution in [0.2, 0.25) is 0 Å². The minimum absolute atomic E-state index is 0.0122. The molecule has 2 aromatic rings. The predicted molar refractivity (Wildman–Crippen MR) is 95.4 cm³/mol. The first-order valence-electron chi connectivity index (χ1n) is 8.40. The highest BCUT2D eigenvalue weighted by Crippen LogP contribution is 2.30. The van der Waals surface area contributed by atoms with Crippen LogP contribution in [-0.2, 0) is 4.79 Å². The lowest BCUT2D eigenvalue weighted by atomic mass is 9.91. The number of aromatic nitrogens is 2. The molecule has 0 unspecified atom stereocenters. The van der Waals surface area contributed by atoms with E-state index in [2.05, 4.69) is 4.98 Å². The van der Waals surface area contributed by atoms with Crippen LogP contribution >= 0.6 is 0 Å². The standard InChI is InChI=1S/C18H24N2O6/c1-5-18(2,3)17(23)26-20-11-19-13-10-15(25-8-6-7-21)14(24-4)9-12(13)16(20)22/h9-11,21H,5-8H2,1-4H3. The van der Waals surface area contributed by atoms with Gasteiger partial charge in [0.05, 0.1) is 30.0 Å². The van der Waals surface area contributed by atoms with E-state index in [1.54, 1.807) is 19.9 Å². The van der Waals surface area contributed by atoms with Gasteiger partial charge in [-0.05, 0) is 26.3 Å². The summed E-state index contributed by atoms with van der Waals surface area (Å²) in [5.41, 5.74) is -0.844. The van der Waals surface area contributed by atoms with Crippen LogP contribution in [-0.4, -0.2) is 41.1 Å². The molecule has 1 heterocycles. The minimum Gasteiger partial charge on any atom is -0.493 e. The Morgan fingerprint density at radius 3 is 2.65 bits per heavy atom. The number of benzene rings is 1. The summed E-state index contributed by atoms with van der Waals surface area (Å²) in [7, 11) is 1.46. The highest BCUT2D eigenvalue weighted by molar-refractivity contribution is 5.82. The molecule has 142 valence electrons. The molecule has 0 bridgehead atoms. The van der Waals surface area contributed by atoms with Crippen LogP contribution < -0.4 is 19.9 Å². The molecule has 0 aliphatic carbocycles. The van der Waals surface area contributed by atoms with E-state index >= 15 is 0 Å². The molecule has 0 saturated heterocycles. The Labute approximate surface area is 151 Å². The number of rotatable bonds is 8. The van der Waals surface area contributed by atoms with Gasteiger partial charge in [0.25, 0.3) is 5.56 Å². The van der Waals surface area contributed by atoms with Crippen molar-refractivity contribution in [1.29, 1.82) is 0 Å². The maximum Gasteiger partial charge on any atom is 0.338 e. The molecular formula is C18H24N2O6. The van der Waals surface area contributed by atoms with Crippen LogP contribution in [0.1, 0.15) is 33.6 Å². The fourth-order valence-corrected chi connectivity index (χ4v) is 2.05. The van der Waals surface area contributed by atoms with Crippen molar-refractivity contribution in [2.45, 2.75) is 33.6 Å². The normalized spacial score (nSPS) is 11.4. The third kappa shape index (κ3) is 4.13. The molecule has 26 heavy (non-hydrogen) atoms. The molecule has 0 saturated carbocycles. The summed E-state index contributed by atoms with van der Waals surface area (Å²) in [5, 5.41) is 9.08. The highest BCUT2D eigenvalue weighted by Gasteiger charge is 2.28. The molecule has 0 amide bonds. The van der Waals surface area contributed by atoms with Crippen LogP contribution in [0.3, 0.4) is 0 Å². The maximum absolute atomic E-state index is 12.6. The molecular weight excluding hydrogens is 340 g/mol. The first-order chi connectivity index (χ1) is 12.3. The number of aliphatic hydroxyl groups excluding tert-OH is 1. The van der Waals surface area contributed by atoms with Crippen molar-refractivity contribution in [2.24, 2.45) is 5.41 Å². The fraction of sp³-hybridized carbons (Fsp3) is 0.500. The number of hydrogen-bond donors (Lipinski definition) is 1. The zero-order valence-electron chi connectivity index (χ0n) is 15.4. The van der Waals surface area contributed by atoms with Gasteiger partial charge in [-0.3, -0.25) is 4.79 Å². The Bertz CT molecular complexity index is 843. The third-order valence-corrected chi connectivity index (χ3v) is 4.19. The average Bonchev–Trinajstić information content (AvgIpc) is 2.63. The van der Waals surface area contributed by atoms with E-state index in [1.807, 2.05) is 6.92 Å². The fourth-order valence-electron chi connectivity index (χ4n) is 2.05. The smallest absolute Gasteiger partial charge is 0.338 e. The predicted octanol–water partition coefficient (Wildman–Crippen LogP) is 1.56. The quantitative estimate of drug-likeness (QED) is 0.710.